The summed E-state index contributed by atoms with van der Waals surface area (Å²) in [7, 11) is 4.58. The maximum Gasteiger partial charge on any atom is 0.184 e. The Kier molecular flexibility index (Phi) is 40.5. The van der Waals surface area contributed by atoms with E-state index in [0.29, 0.717) is 26.0 Å². The van der Waals surface area contributed by atoms with Gasteiger partial charge in [0.2, 0.25) is 0 Å². The van der Waals surface area contributed by atoms with E-state index in [9.17, 15) is 19.4 Å². The van der Waals surface area contributed by atoms with Gasteiger partial charge in [0.25, 0.3) is 0 Å². The molecule has 0 saturated carbocycles. The van der Waals surface area contributed by atoms with Gasteiger partial charge in [0.1, 0.15) is 12.1 Å². The van der Waals surface area contributed by atoms with Crippen LogP contribution in [0.4, 0.5) is 4.39 Å². The summed E-state index contributed by atoms with van der Waals surface area (Å²) < 4.78 is 17.8. The zero-order valence-corrected chi connectivity index (χ0v) is 26.0. The molecular weight excluding hydrogens is 503 g/mol. The van der Waals surface area contributed by atoms with Crippen LogP contribution in [0.25, 0.3) is 0 Å². The highest BCUT2D eigenvalue weighted by Gasteiger charge is 2.07. The van der Waals surface area contributed by atoms with E-state index in [1.165, 1.54) is 18.2 Å². The van der Waals surface area contributed by atoms with Gasteiger partial charge in [-0.1, -0.05) is 59.6 Å². The summed E-state index contributed by atoms with van der Waals surface area (Å²) in [6.07, 6.45) is 13.2. The molecule has 0 saturated heterocycles. The van der Waals surface area contributed by atoms with Crippen molar-refractivity contribution >= 4 is 6.29 Å². The summed E-state index contributed by atoms with van der Waals surface area (Å²) >= 11 is 0. The third-order valence-electron chi connectivity index (χ3n) is 4.66. The van der Waals surface area contributed by atoms with Crippen molar-refractivity contribution in [2.24, 2.45) is 5.92 Å². The minimum absolute atomic E-state index is 0.0712. The largest absolute Gasteiger partial charge is 0.505 e. The van der Waals surface area contributed by atoms with Gasteiger partial charge < -0.3 is 25.5 Å². The van der Waals surface area contributed by atoms with Crippen LogP contribution < -0.4 is 10.7 Å². The molecular formula is C29H59FN4O5. The van der Waals surface area contributed by atoms with Gasteiger partial charge in [0.05, 0.1) is 6.67 Å². The molecule has 0 aliphatic rings. The molecule has 232 valence electrons. The standard InChI is InChI=1S/C22H39FN4O3.C4H10O.C2H6.CH4O/c1-5-7-8-14-27(15-12-21(29)17-28)18-26(4)25-13-11-22(30)24-16-19(3)9-10-20(23)6-2;1-3-4-5-2;2*1-2/h6,9-13,17,19,22,24-25,29-30H,5,7-8,14-16,18H2,1-4H3;3-4H2,1-2H3;1-2H3;2H,1H3/b10-9-,13-11+,20-6+,21-12-;;;. The van der Waals surface area contributed by atoms with E-state index in [1.54, 1.807) is 32.4 Å². The maximum absolute atomic E-state index is 13.1. The summed E-state index contributed by atoms with van der Waals surface area (Å²) in [5, 5.41) is 31.1. The number of hydrogen-bond acceptors (Lipinski definition) is 9. The van der Waals surface area contributed by atoms with E-state index in [1.807, 2.05) is 32.8 Å². The van der Waals surface area contributed by atoms with Crippen molar-refractivity contribution in [3.05, 3.63) is 48.2 Å². The summed E-state index contributed by atoms with van der Waals surface area (Å²) in [5.74, 6) is -0.477. The number of methoxy groups -OCH3 is 1. The van der Waals surface area contributed by atoms with Crippen molar-refractivity contribution in [3.8, 4) is 0 Å². The highest BCUT2D eigenvalue weighted by molar-refractivity contribution is 5.69. The van der Waals surface area contributed by atoms with Crippen LogP contribution in [0, 0.1) is 5.92 Å². The van der Waals surface area contributed by atoms with Gasteiger partial charge in [-0.2, -0.15) is 0 Å². The number of carbonyl (C=O) groups is 1. The molecule has 2 unspecified atom stereocenters. The van der Waals surface area contributed by atoms with Crippen LogP contribution in [0.5, 0.6) is 0 Å². The lowest BCUT2D eigenvalue weighted by molar-refractivity contribution is -0.107. The zero-order chi connectivity index (χ0) is 30.9. The molecule has 0 aromatic rings. The number of unbranched alkanes of at least 4 members (excludes halogenated alkanes) is 2. The smallest absolute Gasteiger partial charge is 0.184 e. The number of hydrazine groups is 1. The minimum atomic E-state index is -0.832. The quantitative estimate of drug-likeness (QED) is 0.0291. The molecule has 10 heteroatoms. The van der Waals surface area contributed by atoms with Crippen LogP contribution in [0.1, 0.15) is 67.2 Å². The SMILES string of the molecule is C/C=C(F)\C=C/C(C)CNC(O)/C=C/NN(C)CN(C/C=C(\O)C=O)CCCCC.CC.CCCOC.CO. The Morgan fingerprint density at radius 1 is 1.13 bits per heavy atom. The van der Waals surface area contributed by atoms with Crippen LogP contribution in [-0.4, -0.2) is 91.9 Å². The molecule has 0 aromatic heterocycles. The fourth-order valence-corrected chi connectivity index (χ4v) is 2.68. The number of carbonyl (C=O) groups excluding carboxylic acids is 1. The first kappa shape index (κ1) is 44.0. The van der Waals surface area contributed by atoms with Crippen molar-refractivity contribution in [3.63, 3.8) is 0 Å². The second kappa shape index (κ2) is 35.9. The first-order valence-electron chi connectivity index (χ1n) is 13.8. The zero-order valence-electron chi connectivity index (χ0n) is 26.0. The van der Waals surface area contributed by atoms with Crippen molar-refractivity contribution < 1.29 is 29.2 Å². The lowest BCUT2D eigenvalue weighted by Crippen LogP contribution is -2.42. The molecule has 0 spiro atoms. The Morgan fingerprint density at radius 3 is 2.26 bits per heavy atom. The first-order chi connectivity index (χ1) is 18.7. The average molecular weight is 563 g/mol. The molecule has 0 heterocycles. The number of aldehydes is 1. The molecule has 0 fully saturated rings. The number of ether oxygens (including phenoxy) is 1. The molecule has 5 N–H and O–H groups in total. The van der Waals surface area contributed by atoms with E-state index < -0.39 is 6.23 Å². The number of rotatable bonds is 19. The van der Waals surface area contributed by atoms with Crippen molar-refractivity contribution in [1.29, 1.82) is 0 Å². The summed E-state index contributed by atoms with van der Waals surface area (Å²) in [5.41, 5.74) is 3.06. The monoisotopic (exact) mass is 562 g/mol. The first-order valence-corrected chi connectivity index (χ1v) is 13.8. The highest BCUT2D eigenvalue weighted by atomic mass is 19.1. The predicted octanol–water partition coefficient (Wildman–Crippen LogP) is 4.68. The van der Waals surface area contributed by atoms with E-state index in [0.717, 1.165) is 45.9 Å². The molecule has 0 amide bonds. The molecule has 0 rings (SSSR count). The number of halogens is 1. The summed E-state index contributed by atoms with van der Waals surface area (Å²) in [6, 6.07) is 0. The Morgan fingerprint density at radius 2 is 1.77 bits per heavy atom. The molecule has 0 aliphatic carbocycles. The van der Waals surface area contributed by atoms with Gasteiger partial charge in [-0.3, -0.25) is 15.0 Å². The number of nitrogens with one attached hydrogen (secondary N) is 2. The lowest BCUT2D eigenvalue weighted by atomic mass is 10.1. The molecule has 39 heavy (non-hydrogen) atoms. The van der Waals surface area contributed by atoms with Crippen molar-refractivity contribution in [2.45, 2.75) is 73.5 Å². The van der Waals surface area contributed by atoms with E-state index in [-0.39, 0.29) is 17.5 Å². The molecule has 9 nitrogen and oxygen atoms in total. The number of allylic oxidation sites excluding steroid dienone is 4. The minimum Gasteiger partial charge on any atom is -0.505 e. The maximum atomic E-state index is 13.1. The van der Waals surface area contributed by atoms with Crippen molar-refractivity contribution in [1.82, 2.24) is 20.7 Å². The van der Waals surface area contributed by atoms with Gasteiger partial charge in [0, 0.05) is 47.2 Å². The average Bonchev–Trinajstić information content (AvgIpc) is 2.96. The molecule has 0 aliphatic heterocycles. The summed E-state index contributed by atoms with van der Waals surface area (Å²) in [4.78, 5) is 12.7. The number of aliphatic hydroxyl groups excluding tert-OH is 3. The molecule has 0 radical (unpaired) electrons. The van der Waals surface area contributed by atoms with Gasteiger partial charge in [-0.15, -0.1) is 0 Å². The number of hydrogen-bond donors (Lipinski definition) is 5. The van der Waals surface area contributed by atoms with Crippen LogP contribution in [0.15, 0.2) is 48.2 Å². The number of aliphatic hydroxyl groups is 3. The van der Waals surface area contributed by atoms with Crippen molar-refractivity contribution in [2.75, 3.05) is 54.2 Å². The van der Waals surface area contributed by atoms with Crippen LogP contribution in [-0.2, 0) is 9.53 Å². The van der Waals surface area contributed by atoms with E-state index in [2.05, 4.69) is 29.5 Å². The topological polar surface area (TPSA) is 118 Å². The Hall–Kier alpha value is -2.08. The van der Waals surface area contributed by atoms with E-state index >= 15 is 0 Å². The summed E-state index contributed by atoms with van der Waals surface area (Å²) in [6.45, 7) is 15.1. The molecule has 2 atom stereocenters. The second-order valence-corrected chi connectivity index (χ2v) is 8.21. The molecule has 0 aromatic carbocycles. The van der Waals surface area contributed by atoms with Gasteiger partial charge in [-0.25, -0.2) is 9.40 Å². The third-order valence-corrected chi connectivity index (χ3v) is 4.66. The Labute approximate surface area is 238 Å². The fraction of sp³-hybridized carbons (Fsp3) is 0.690. The van der Waals surface area contributed by atoms with Crippen LogP contribution in [0.2, 0.25) is 0 Å². The van der Waals surface area contributed by atoms with Gasteiger partial charge in [0.15, 0.2) is 12.0 Å². The fourth-order valence-electron chi connectivity index (χ4n) is 2.68. The Bertz CT molecular complexity index is 629. The normalized spacial score (nSPS) is 13.3. The van der Waals surface area contributed by atoms with Crippen LogP contribution in [0.3, 0.4) is 0 Å². The lowest BCUT2D eigenvalue weighted by Gasteiger charge is -2.27. The Balaban J connectivity index is -0.000000594. The third kappa shape index (κ3) is 35.9. The highest BCUT2D eigenvalue weighted by Crippen LogP contribution is 2.03. The van der Waals surface area contributed by atoms with Gasteiger partial charge >= 0.3 is 0 Å². The number of nitrogens with zero attached hydrogens (tertiary/aromatic N) is 2. The molecule has 0 bridgehead atoms. The van der Waals surface area contributed by atoms with Gasteiger partial charge in [-0.05, 0) is 50.5 Å². The predicted molar refractivity (Wildman–Crippen MR) is 162 cm³/mol. The van der Waals surface area contributed by atoms with E-state index in [4.69, 9.17) is 9.84 Å². The second-order valence-electron chi connectivity index (χ2n) is 8.21. The van der Waals surface area contributed by atoms with Crippen LogP contribution >= 0.6 is 0 Å².